The average molecular weight is 470 g/mol. The number of nitrogens with one attached hydrogen (secondary N) is 1. The summed E-state index contributed by atoms with van der Waals surface area (Å²) in [6, 6.07) is 14.7. The van der Waals surface area contributed by atoms with Crippen molar-refractivity contribution in [2.45, 2.75) is 25.0 Å². The Morgan fingerprint density at radius 2 is 1.91 bits per heavy atom. The lowest BCUT2D eigenvalue weighted by atomic mass is 9.86. The van der Waals surface area contributed by atoms with E-state index in [0.717, 1.165) is 27.7 Å². The molecule has 1 saturated heterocycles. The van der Waals surface area contributed by atoms with Crippen molar-refractivity contribution in [2.24, 2.45) is 0 Å². The number of ether oxygens (including phenoxy) is 2. The van der Waals surface area contributed by atoms with Crippen LogP contribution in [0.4, 0.5) is 0 Å². The Labute approximate surface area is 200 Å². The van der Waals surface area contributed by atoms with Crippen LogP contribution in [0.25, 0.3) is 10.9 Å². The van der Waals surface area contributed by atoms with E-state index >= 15 is 0 Å². The van der Waals surface area contributed by atoms with Gasteiger partial charge in [0.1, 0.15) is 6.04 Å². The molecule has 7 rings (SSSR count). The molecule has 2 atom stereocenters. The van der Waals surface area contributed by atoms with Crippen LogP contribution in [-0.4, -0.2) is 62.3 Å². The first kappa shape index (κ1) is 20.1. The third kappa shape index (κ3) is 3.11. The van der Waals surface area contributed by atoms with Gasteiger partial charge < -0.3 is 24.3 Å². The van der Waals surface area contributed by atoms with E-state index in [1.807, 2.05) is 48.7 Å². The molecule has 0 unspecified atom stereocenters. The van der Waals surface area contributed by atoms with Crippen LogP contribution < -0.4 is 9.47 Å². The molecule has 0 radical (unpaired) electrons. The summed E-state index contributed by atoms with van der Waals surface area (Å²) in [6.45, 7) is 1.21. The van der Waals surface area contributed by atoms with Crippen molar-refractivity contribution in [3.8, 4) is 11.5 Å². The van der Waals surface area contributed by atoms with Gasteiger partial charge in [-0.25, -0.2) is 0 Å². The van der Waals surface area contributed by atoms with E-state index in [1.54, 1.807) is 20.7 Å². The SMILES string of the molecule is O=C1[C@H]2Cc3c([nH]c4ccccc34)[C@@H](c3ccc4c(c3)OCO4)N2C(=O)CN1CCn1cccn1. The van der Waals surface area contributed by atoms with Crippen molar-refractivity contribution in [2.75, 3.05) is 19.9 Å². The summed E-state index contributed by atoms with van der Waals surface area (Å²) >= 11 is 0. The van der Waals surface area contributed by atoms with Crippen LogP contribution in [-0.2, 0) is 22.6 Å². The molecule has 35 heavy (non-hydrogen) atoms. The normalized spacial score (nSPS) is 20.9. The highest BCUT2D eigenvalue weighted by molar-refractivity contribution is 5.97. The number of aromatic nitrogens is 3. The molecule has 176 valence electrons. The Morgan fingerprint density at radius 3 is 2.80 bits per heavy atom. The lowest BCUT2D eigenvalue weighted by Crippen LogP contribution is -2.63. The third-order valence-corrected chi connectivity index (χ3v) is 7.21. The highest BCUT2D eigenvalue weighted by Crippen LogP contribution is 2.44. The van der Waals surface area contributed by atoms with Crippen LogP contribution in [0, 0.1) is 0 Å². The fourth-order valence-electron chi connectivity index (χ4n) is 5.60. The number of aromatic amines is 1. The molecule has 0 bridgehead atoms. The zero-order chi connectivity index (χ0) is 23.5. The van der Waals surface area contributed by atoms with Gasteiger partial charge in [0.15, 0.2) is 11.5 Å². The standard InChI is InChI=1S/C26H23N5O4/c32-23-14-29(10-11-30-9-3-8-27-30)26(33)20-13-18-17-4-1-2-5-19(17)28-24(18)25(31(20)23)16-6-7-21-22(12-16)35-15-34-21/h1-9,12,20,25,28H,10-11,13-15H2/t20-,25-/m1/s1. The summed E-state index contributed by atoms with van der Waals surface area (Å²) in [5.74, 6) is 1.24. The quantitative estimate of drug-likeness (QED) is 0.496. The Kier molecular flexibility index (Phi) is 4.39. The molecule has 2 aromatic heterocycles. The van der Waals surface area contributed by atoms with Crippen molar-refractivity contribution in [3.63, 3.8) is 0 Å². The second kappa shape index (κ2) is 7.63. The van der Waals surface area contributed by atoms with E-state index in [0.29, 0.717) is 31.0 Å². The molecular formula is C26H23N5O4. The molecule has 9 nitrogen and oxygen atoms in total. The second-order valence-electron chi connectivity index (χ2n) is 9.13. The first-order valence-electron chi connectivity index (χ1n) is 11.7. The molecule has 0 saturated carbocycles. The second-order valence-corrected chi connectivity index (χ2v) is 9.13. The van der Waals surface area contributed by atoms with E-state index in [2.05, 4.69) is 16.1 Å². The van der Waals surface area contributed by atoms with Crippen LogP contribution in [0.2, 0.25) is 0 Å². The highest BCUT2D eigenvalue weighted by Gasteiger charge is 2.48. The van der Waals surface area contributed by atoms with Crippen molar-refractivity contribution < 1.29 is 19.1 Å². The van der Waals surface area contributed by atoms with Gasteiger partial charge >= 0.3 is 0 Å². The van der Waals surface area contributed by atoms with Crippen molar-refractivity contribution in [1.82, 2.24) is 24.6 Å². The third-order valence-electron chi connectivity index (χ3n) is 7.21. The molecule has 9 heteroatoms. The monoisotopic (exact) mass is 469 g/mol. The van der Waals surface area contributed by atoms with E-state index in [1.165, 1.54) is 0 Å². The predicted molar refractivity (Wildman–Crippen MR) is 126 cm³/mol. The molecule has 1 fully saturated rings. The zero-order valence-electron chi connectivity index (χ0n) is 18.9. The molecule has 0 spiro atoms. The molecule has 1 N–H and O–H groups in total. The molecule has 0 aliphatic carbocycles. The van der Waals surface area contributed by atoms with E-state index in [9.17, 15) is 9.59 Å². The van der Waals surface area contributed by atoms with Gasteiger partial charge in [-0.1, -0.05) is 24.3 Å². The van der Waals surface area contributed by atoms with Gasteiger partial charge in [0.2, 0.25) is 18.6 Å². The lowest BCUT2D eigenvalue weighted by molar-refractivity contribution is -0.158. The van der Waals surface area contributed by atoms with Crippen molar-refractivity contribution in [1.29, 1.82) is 0 Å². The number of rotatable bonds is 4. The summed E-state index contributed by atoms with van der Waals surface area (Å²) in [4.78, 5) is 34.4. The maximum Gasteiger partial charge on any atom is 0.246 e. The number of piperazine rings is 1. The minimum atomic E-state index is -0.573. The smallest absolute Gasteiger partial charge is 0.246 e. The Balaban J connectivity index is 1.32. The predicted octanol–water partition coefficient (Wildman–Crippen LogP) is 2.48. The topological polar surface area (TPSA) is 92.7 Å². The molecule has 2 amide bonds. The largest absolute Gasteiger partial charge is 0.454 e. The van der Waals surface area contributed by atoms with Gasteiger partial charge in [-0.15, -0.1) is 0 Å². The van der Waals surface area contributed by atoms with Crippen LogP contribution in [0.1, 0.15) is 22.9 Å². The summed E-state index contributed by atoms with van der Waals surface area (Å²) < 4.78 is 12.9. The van der Waals surface area contributed by atoms with Gasteiger partial charge in [0, 0.05) is 42.0 Å². The van der Waals surface area contributed by atoms with Gasteiger partial charge in [0.25, 0.3) is 0 Å². The van der Waals surface area contributed by atoms with Crippen molar-refractivity contribution in [3.05, 3.63) is 77.7 Å². The molecule has 3 aliphatic rings. The summed E-state index contributed by atoms with van der Waals surface area (Å²) in [7, 11) is 0. The number of H-pyrrole nitrogens is 1. The van der Waals surface area contributed by atoms with Crippen LogP contribution in [0.5, 0.6) is 11.5 Å². The molecule has 4 aromatic rings. The molecular weight excluding hydrogens is 446 g/mol. The Bertz CT molecular complexity index is 1460. The number of fused-ring (bicyclic) bond motifs is 5. The van der Waals surface area contributed by atoms with Crippen molar-refractivity contribution >= 4 is 22.7 Å². The summed E-state index contributed by atoms with van der Waals surface area (Å²) in [6.07, 6.45) is 4.04. The minimum absolute atomic E-state index is 0.0292. The first-order valence-corrected chi connectivity index (χ1v) is 11.7. The fourth-order valence-corrected chi connectivity index (χ4v) is 5.60. The Morgan fingerprint density at radius 1 is 1.03 bits per heavy atom. The summed E-state index contributed by atoms with van der Waals surface area (Å²) in [5, 5.41) is 5.31. The van der Waals surface area contributed by atoms with Gasteiger partial charge in [-0.3, -0.25) is 14.3 Å². The first-order chi connectivity index (χ1) is 17.2. The molecule has 3 aliphatic heterocycles. The number of hydrogen-bond donors (Lipinski definition) is 1. The minimum Gasteiger partial charge on any atom is -0.454 e. The highest BCUT2D eigenvalue weighted by atomic mass is 16.7. The zero-order valence-corrected chi connectivity index (χ0v) is 18.9. The number of amides is 2. The molecule has 2 aromatic carbocycles. The van der Waals surface area contributed by atoms with Gasteiger partial charge in [-0.05, 0) is 35.4 Å². The number of hydrogen-bond acceptors (Lipinski definition) is 5. The van der Waals surface area contributed by atoms with Gasteiger partial charge in [-0.2, -0.15) is 5.10 Å². The summed E-state index contributed by atoms with van der Waals surface area (Å²) in [5.41, 5.74) is 3.92. The lowest BCUT2D eigenvalue weighted by Gasteiger charge is -2.47. The van der Waals surface area contributed by atoms with Crippen LogP contribution >= 0.6 is 0 Å². The average Bonchev–Trinajstić information content (AvgIpc) is 3.63. The van der Waals surface area contributed by atoms with Gasteiger partial charge in [0.05, 0.1) is 19.1 Å². The van der Waals surface area contributed by atoms with E-state index in [4.69, 9.17) is 9.47 Å². The number of nitrogens with zero attached hydrogens (tertiary/aromatic N) is 4. The van der Waals surface area contributed by atoms with Crippen LogP contribution in [0.15, 0.2) is 60.9 Å². The maximum absolute atomic E-state index is 13.7. The van der Waals surface area contributed by atoms with E-state index in [-0.39, 0.29) is 25.2 Å². The number of para-hydroxylation sites is 1. The number of carbonyl (C=O) groups excluding carboxylic acids is 2. The number of carbonyl (C=O) groups is 2. The maximum atomic E-state index is 13.7. The Hall–Kier alpha value is -4.27. The fraction of sp³-hybridized carbons (Fsp3) is 0.269. The molecule has 5 heterocycles. The van der Waals surface area contributed by atoms with Crippen LogP contribution in [0.3, 0.4) is 0 Å². The van der Waals surface area contributed by atoms with E-state index < -0.39 is 12.1 Å². The number of benzene rings is 2.